The summed E-state index contributed by atoms with van der Waals surface area (Å²) in [6, 6.07) is 83.2. The molecule has 0 spiro atoms. The third-order valence-corrected chi connectivity index (χ3v) is 16.3. The smallest absolute Gasteiger partial charge is 0.240 e. The van der Waals surface area contributed by atoms with E-state index in [1.807, 2.05) is 6.07 Å². The van der Waals surface area contributed by atoms with Crippen molar-refractivity contribution in [2.24, 2.45) is 0 Å². The van der Waals surface area contributed by atoms with Gasteiger partial charge in [0.15, 0.2) is 5.82 Å². The molecule has 5 aromatic heterocycles. The molecule has 2 unspecified atom stereocenters. The van der Waals surface area contributed by atoms with E-state index in [9.17, 15) is 0 Å². The Balaban J connectivity index is 0.961. The van der Waals surface area contributed by atoms with Crippen LogP contribution in [0.1, 0.15) is 11.5 Å². The third-order valence-electron chi connectivity index (χ3n) is 16.3. The molecule has 77 heavy (non-hydrogen) atoms. The van der Waals surface area contributed by atoms with E-state index >= 15 is 0 Å². The standard InChI is InChI=1S/C69H44N8/c1-3-20-43(21-4-1)67-70-68(72-69(71-67)77-60-36-17-11-30-51(60)54-39-38-53-50-29-9-15-34-58(50)75(65(53)66(54)77)44-22-5-2-6-23-44)76-59-35-16-10-28-49(59)52-40-41-62-63(64(52)76)55-31-12-18-37-61(55)74(62)46-25-19-24-45(42-46)73-56-32-13-7-26-47(56)48-27-8-14-33-57(48)73/h1-42,47,56H. The molecule has 1 aliphatic heterocycles. The number of hydrogen-bond donors (Lipinski definition) is 0. The van der Waals surface area contributed by atoms with E-state index in [0.29, 0.717) is 23.6 Å². The molecule has 8 heteroatoms. The van der Waals surface area contributed by atoms with E-state index < -0.39 is 0 Å². The molecule has 1 aliphatic carbocycles. The maximum Gasteiger partial charge on any atom is 0.240 e. The molecule has 360 valence electrons. The van der Waals surface area contributed by atoms with Crippen LogP contribution in [0.15, 0.2) is 255 Å². The van der Waals surface area contributed by atoms with Gasteiger partial charge in [0.1, 0.15) is 0 Å². The molecule has 6 heterocycles. The number of para-hydroxylation sites is 6. The second-order valence-corrected chi connectivity index (χ2v) is 20.3. The van der Waals surface area contributed by atoms with Crippen LogP contribution >= 0.6 is 0 Å². The molecule has 0 amide bonds. The van der Waals surface area contributed by atoms with Gasteiger partial charge in [-0.25, -0.2) is 0 Å². The first-order chi connectivity index (χ1) is 38.2. The van der Waals surface area contributed by atoms with Crippen LogP contribution in [-0.2, 0) is 0 Å². The molecule has 0 N–H and O–H groups in total. The molecule has 0 radical (unpaired) electrons. The highest BCUT2D eigenvalue weighted by Crippen LogP contribution is 2.49. The quantitative estimate of drug-likeness (QED) is 0.167. The average Bonchev–Trinajstić information content (AvgIpc) is 4.37. The van der Waals surface area contributed by atoms with Crippen LogP contribution < -0.4 is 4.90 Å². The Hall–Kier alpha value is -10.3. The number of anilines is 2. The predicted octanol–water partition coefficient (Wildman–Crippen LogP) is 16.7. The lowest BCUT2D eigenvalue weighted by molar-refractivity contribution is 0.744. The Kier molecular flexibility index (Phi) is 8.80. The van der Waals surface area contributed by atoms with Crippen LogP contribution in [0.25, 0.3) is 122 Å². The Morgan fingerprint density at radius 1 is 0.325 bits per heavy atom. The first-order valence-electron chi connectivity index (χ1n) is 26.4. The SMILES string of the molecule is C1=CC2c3ccccc3N(c3cccc(-n4c5ccccc5c5c4ccc4c6ccccc6n(-c6nc(-c7ccccc7)nc(-n7c8ccccc8c8ccc9c%10ccccc%10n(-c%10ccccc%10)c9c87)n6)c45)c3)C2C=C1. The largest absolute Gasteiger partial charge is 0.333 e. The van der Waals surface area contributed by atoms with Crippen molar-refractivity contribution >= 4 is 98.6 Å². The predicted molar refractivity (Wildman–Crippen MR) is 316 cm³/mol. The highest BCUT2D eigenvalue weighted by Gasteiger charge is 2.37. The maximum absolute atomic E-state index is 5.74. The summed E-state index contributed by atoms with van der Waals surface area (Å²) >= 11 is 0. The molecule has 2 atom stereocenters. The molecule has 8 nitrogen and oxygen atoms in total. The number of fused-ring (bicyclic) bond motifs is 17. The molecular formula is C69H44N8. The van der Waals surface area contributed by atoms with Crippen molar-refractivity contribution in [2.45, 2.75) is 12.0 Å². The van der Waals surface area contributed by atoms with Crippen molar-refractivity contribution in [2.75, 3.05) is 4.90 Å². The minimum atomic E-state index is 0.190. The Morgan fingerprint density at radius 3 is 1.53 bits per heavy atom. The van der Waals surface area contributed by atoms with Gasteiger partial charge in [0.25, 0.3) is 0 Å². The Bertz CT molecular complexity index is 5010. The van der Waals surface area contributed by atoms with Gasteiger partial charge in [0.2, 0.25) is 11.9 Å². The van der Waals surface area contributed by atoms with Crippen molar-refractivity contribution in [3.63, 3.8) is 0 Å². The topological polar surface area (TPSA) is 61.6 Å². The van der Waals surface area contributed by atoms with Gasteiger partial charge in [-0.3, -0.25) is 9.13 Å². The van der Waals surface area contributed by atoms with Crippen LogP contribution in [0.3, 0.4) is 0 Å². The molecule has 0 fully saturated rings. The van der Waals surface area contributed by atoms with Gasteiger partial charge in [0, 0.05) is 77.3 Å². The summed E-state index contributed by atoms with van der Waals surface area (Å²) in [5.74, 6) is 1.94. The molecular weight excluding hydrogens is 941 g/mol. The molecule has 2 aliphatic rings. The summed E-state index contributed by atoms with van der Waals surface area (Å²) in [5.41, 5.74) is 15.3. The van der Waals surface area contributed by atoms with Crippen molar-refractivity contribution in [3.05, 3.63) is 260 Å². The number of hydrogen-bond acceptors (Lipinski definition) is 4. The number of benzene rings is 10. The number of aromatic nitrogens is 7. The monoisotopic (exact) mass is 984 g/mol. The fourth-order valence-corrected chi connectivity index (χ4v) is 13.2. The fraction of sp³-hybridized carbons (Fsp3) is 0.0290. The van der Waals surface area contributed by atoms with E-state index in [-0.39, 0.29) is 6.04 Å². The fourth-order valence-electron chi connectivity index (χ4n) is 13.2. The molecule has 10 aromatic carbocycles. The summed E-state index contributed by atoms with van der Waals surface area (Å²) < 4.78 is 9.43. The molecule has 15 aromatic rings. The van der Waals surface area contributed by atoms with Gasteiger partial charge < -0.3 is 14.0 Å². The zero-order chi connectivity index (χ0) is 50.3. The summed E-state index contributed by atoms with van der Waals surface area (Å²) in [6.45, 7) is 0. The zero-order valence-corrected chi connectivity index (χ0v) is 41.5. The van der Waals surface area contributed by atoms with Crippen LogP contribution in [0.2, 0.25) is 0 Å². The molecule has 17 rings (SSSR count). The normalized spacial score (nSPS) is 15.1. The van der Waals surface area contributed by atoms with Gasteiger partial charge >= 0.3 is 0 Å². The second-order valence-electron chi connectivity index (χ2n) is 20.3. The van der Waals surface area contributed by atoms with E-state index in [1.165, 1.54) is 16.6 Å². The van der Waals surface area contributed by atoms with Gasteiger partial charge in [-0.15, -0.1) is 0 Å². The van der Waals surface area contributed by atoms with Crippen LogP contribution in [-0.4, -0.2) is 39.3 Å². The summed E-state index contributed by atoms with van der Waals surface area (Å²) in [5, 5.41) is 9.08. The maximum atomic E-state index is 5.74. The minimum Gasteiger partial charge on any atom is -0.333 e. The van der Waals surface area contributed by atoms with E-state index in [4.69, 9.17) is 15.0 Å². The molecule has 0 bridgehead atoms. The van der Waals surface area contributed by atoms with Crippen molar-refractivity contribution in [1.29, 1.82) is 0 Å². The highest BCUT2D eigenvalue weighted by molar-refractivity contribution is 6.27. The number of rotatable bonds is 6. The summed E-state index contributed by atoms with van der Waals surface area (Å²) in [4.78, 5) is 19.3. The van der Waals surface area contributed by atoms with Crippen LogP contribution in [0, 0.1) is 0 Å². The lowest BCUT2D eigenvalue weighted by Crippen LogP contribution is -2.28. The van der Waals surface area contributed by atoms with Crippen molar-refractivity contribution in [1.82, 2.24) is 33.2 Å². The average molecular weight is 985 g/mol. The molecule has 0 saturated heterocycles. The first kappa shape index (κ1) is 42.1. The van der Waals surface area contributed by atoms with Crippen molar-refractivity contribution < 1.29 is 0 Å². The number of allylic oxidation sites excluding steroid dienone is 2. The van der Waals surface area contributed by atoms with Gasteiger partial charge in [-0.1, -0.05) is 188 Å². The van der Waals surface area contributed by atoms with Crippen LogP contribution in [0.5, 0.6) is 0 Å². The lowest BCUT2D eigenvalue weighted by atomic mass is 9.91. The minimum absolute atomic E-state index is 0.190. The van der Waals surface area contributed by atoms with Crippen molar-refractivity contribution in [3.8, 4) is 34.7 Å². The highest BCUT2D eigenvalue weighted by atomic mass is 15.3. The van der Waals surface area contributed by atoms with E-state index in [1.54, 1.807) is 0 Å². The summed E-state index contributed by atoms with van der Waals surface area (Å²) in [6.07, 6.45) is 9.06. The Labute approximate surface area is 441 Å². The van der Waals surface area contributed by atoms with Gasteiger partial charge in [0.05, 0.1) is 50.2 Å². The Morgan fingerprint density at radius 2 is 0.831 bits per heavy atom. The van der Waals surface area contributed by atoms with Crippen LogP contribution in [0.4, 0.5) is 11.4 Å². The van der Waals surface area contributed by atoms with Gasteiger partial charge in [-0.2, -0.15) is 15.0 Å². The number of nitrogens with zero attached hydrogens (tertiary/aromatic N) is 8. The second kappa shape index (κ2) is 16.1. The van der Waals surface area contributed by atoms with E-state index in [2.05, 4.69) is 272 Å². The molecule has 0 saturated carbocycles. The van der Waals surface area contributed by atoms with Gasteiger partial charge in [-0.05, 0) is 72.3 Å². The zero-order valence-electron chi connectivity index (χ0n) is 41.5. The third kappa shape index (κ3) is 5.95. The first-order valence-corrected chi connectivity index (χ1v) is 26.4. The van der Waals surface area contributed by atoms with E-state index in [0.717, 1.165) is 104 Å². The lowest BCUT2D eigenvalue weighted by Gasteiger charge is -2.29. The summed E-state index contributed by atoms with van der Waals surface area (Å²) in [7, 11) is 0.